The molecule has 0 aliphatic carbocycles. The summed E-state index contributed by atoms with van der Waals surface area (Å²) in [5.41, 5.74) is 3.36. The van der Waals surface area contributed by atoms with Crippen LogP contribution in [-0.4, -0.2) is 20.9 Å². The molecular weight excluding hydrogens is 314 g/mol. The average molecular weight is 329 g/mol. The molecule has 0 spiro atoms. The Bertz CT molecular complexity index is 1090. The summed E-state index contributed by atoms with van der Waals surface area (Å²) in [6.45, 7) is 1.48. The van der Waals surface area contributed by atoms with Crippen molar-refractivity contribution in [1.29, 1.82) is 0 Å². The number of carbonyl (C=O) groups is 1. The molecule has 4 aromatic rings. The van der Waals surface area contributed by atoms with Gasteiger partial charge in [0.15, 0.2) is 0 Å². The number of rotatable bonds is 3. The number of benzene rings is 2. The number of fused-ring (bicyclic) bond motifs is 2. The van der Waals surface area contributed by atoms with Gasteiger partial charge in [0.1, 0.15) is 12.1 Å². The van der Waals surface area contributed by atoms with E-state index >= 15 is 0 Å². The smallest absolute Gasteiger partial charge is 0.221 e. The zero-order valence-electron chi connectivity index (χ0n) is 13.5. The molecule has 0 atom stereocenters. The van der Waals surface area contributed by atoms with Gasteiger partial charge in [-0.3, -0.25) is 9.78 Å². The first-order valence-electron chi connectivity index (χ1n) is 7.83. The number of nitrogens with one attached hydrogen (secondary N) is 2. The summed E-state index contributed by atoms with van der Waals surface area (Å²) in [5, 5.41) is 7.99. The Hall–Kier alpha value is -3.54. The van der Waals surface area contributed by atoms with E-state index in [9.17, 15) is 4.79 Å². The lowest BCUT2D eigenvalue weighted by molar-refractivity contribution is -0.114. The molecule has 122 valence electrons. The van der Waals surface area contributed by atoms with Crippen LogP contribution in [0.15, 0.2) is 61.1 Å². The Kier molecular flexibility index (Phi) is 3.70. The Morgan fingerprint density at radius 3 is 2.64 bits per heavy atom. The predicted molar refractivity (Wildman–Crippen MR) is 98.9 cm³/mol. The highest BCUT2D eigenvalue weighted by molar-refractivity contribution is 5.97. The van der Waals surface area contributed by atoms with E-state index < -0.39 is 0 Å². The SMILES string of the molecule is CC(=O)Nc1ccc2ncnc(Nc3ccc4ncccc4c3)c2c1. The van der Waals surface area contributed by atoms with E-state index in [4.69, 9.17) is 0 Å². The normalized spacial score (nSPS) is 10.8. The van der Waals surface area contributed by atoms with Crippen molar-refractivity contribution >= 4 is 44.9 Å². The largest absolute Gasteiger partial charge is 0.340 e. The van der Waals surface area contributed by atoms with E-state index in [1.165, 1.54) is 13.3 Å². The summed E-state index contributed by atoms with van der Waals surface area (Å²) >= 11 is 0. The molecule has 0 aliphatic heterocycles. The number of pyridine rings is 1. The second-order valence-corrected chi connectivity index (χ2v) is 5.67. The molecule has 2 heterocycles. The maximum absolute atomic E-state index is 11.3. The van der Waals surface area contributed by atoms with Crippen molar-refractivity contribution in [2.24, 2.45) is 0 Å². The number of anilines is 3. The Balaban J connectivity index is 1.75. The third kappa shape index (κ3) is 3.10. The van der Waals surface area contributed by atoms with E-state index in [0.717, 1.165) is 27.5 Å². The minimum atomic E-state index is -0.118. The van der Waals surface area contributed by atoms with Crippen LogP contribution in [0, 0.1) is 0 Å². The van der Waals surface area contributed by atoms with Crippen molar-refractivity contribution in [3.8, 4) is 0 Å². The van der Waals surface area contributed by atoms with E-state index in [0.29, 0.717) is 11.5 Å². The summed E-state index contributed by atoms with van der Waals surface area (Å²) < 4.78 is 0. The molecule has 6 nitrogen and oxygen atoms in total. The number of aromatic nitrogens is 3. The van der Waals surface area contributed by atoms with Crippen LogP contribution in [-0.2, 0) is 4.79 Å². The highest BCUT2D eigenvalue weighted by Gasteiger charge is 2.07. The number of carbonyl (C=O) groups excluding carboxylic acids is 1. The van der Waals surface area contributed by atoms with Gasteiger partial charge in [0.2, 0.25) is 5.91 Å². The molecule has 4 rings (SSSR count). The zero-order valence-corrected chi connectivity index (χ0v) is 13.5. The van der Waals surface area contributed by atoms with Crippen molar-refractivity contribution in [2.75, 3.05) is 10.6 Å². The van der Waals surface area contributed by atoms with Crippen molar-refractivity contribution in [1.82, 2.24) is 15.0 Å². The van der Waals surface area contributed by atoms with Crippen LogP contribution in [0.2, 0.25) is 0 Å². The molecule has 25 heavy (non-hydrogen) atoms. The number of hydrogen-bond acceptors (Lipinski definition) is 5. The maximum atomic E-state index is 11.3. The van der Waals surface area contributed by atoms with Crippen molar-refractivity contribution in [3.05, 3.63) is 61.1 Å². The maximum Gasteiger partial charge on any atom is 0.221 e. The quantitative estimate of drug-likeness (QED) is 0.596. The summed E-state index contributed by atoms with van der Waals surface area (Å²) in [7, 11) is 0. The molecule has 0 bridgehead atoms. The van der Waals surface area contributed by atoms with Gasteiger partial charge in [0, 0.05) is 35.3 Å². The van der Waals surface area contributed by atoms with E-state index in [1.54, 1.807) is 6.20 Å². The minimum Gasteiger partial charge on any atom is -0.340 e. The molecule has 1 amide bonds. The monoisotopic (exact) mass is 329 g/mol. The fraction of sp³-hybridized carbons (Fsp3) is 0.0526. The third-order valence-corrected chi connectivity index (χ3v) is 3.82. The minimum absolute atomic E-state index is 0.118. The van der Waals surface area contributed by atoms with E-state index in [1.807, 2.05) is 48.5 Å². The first-order chi connectivity index (χ1) is 12.2. The summed E-state index contributed by atoms with van der Waals surface area (Å²) in [4.78, 5) is 24.2. The lowest BCUT2D eigenvalue weighted by atomic mass is 10.2. The highest BCUT2D eigenvalue weighted by Crippen LogP contribution is 2.27. The second kappa shape index (κ2) is 6.16. The lowest BCUT2D eigenvalue weighted by Crippen LogP contribution is -2.05. The number of amides is 1. The standard InChI is InChI=1S/C19H15N5O/c1-12(25)23-15-5-7-18-16(10-15)19(22-11-21-18)24-14-4-6-17-13(9-14)3-2-8-20-17/h2-11H,1H3,(H,23,25)(H,21,22,24). The number of nitrogens with zero attached hydrogens (tertiary/aromatic N) is 3. The molecule has 0 fully saturated rings. The molecule has 0 radical (unpaired) electrons. The van der Waals surface area contributed by atoms with Crippen molar-refractivity contribution in [3.63, 3.8) is 0 Å². The van der Waals surface area contributed by atoms with Gasteiger partial charge in [0.25, 0.3) is 0 Å². The Labute approximate surface area is 144 Å². The predicted octanol–water partition coefficient (Wildman–Crippen LogP) is 3.88. The molecule has 6 heteroatoms. The average Bonchev–Trinajstić information content (AvgIpc) is 2.62. The molecule has 2 aromatic carbocycles. The van der Waals surface area contributed by atoms with Crippen LogP contribution in [0.5, 0.6) is 0 Å². The van der Waals surface area contributed by atoms with Crippen LogP contribution in [0.25, 0.3) is 21.8 Å². The van der Waals surface area contributed by atoms with Crippen LogP contribution >= 0.6 is 0 Å². The fourth-order valence-electron chi connectivity index (χ4n) is 2.73. The van der Waals surface area contributed by atoms with Gasteiger partial charge < -0.3 is 10.6 Å². The molecule has 0 aliphatic rings. The molecule has 2 aromatic heterocycles. The van der Waals surface area contributed by atoms with Crippen LogP contribution in [0.1, 0.15) is 6.92 Å². The van der Waals surface area contributed by atoms with Gasteiger partial charge >= 0.3 is 0 Å². The summed E-state index contributed by atoms with van der Waals surface area (Å²) in [5.74, 6) is 0.563. The van der Waals surface area contributed by atoms with Gasteiger partial charge in [-0.1, -0.05) is 6.07 Å². The Morgan fingerprint density at radius 1 is 0.920 bits per heavy atom. The molecule has 2 N–H and O–H groups in total. The highest BCUT2D eigenvalue weighted by atomic mass is 16.1. The molecule has 0 unspecified atom stereocenters. The third-order valence-electron chi connectivity index (χ3n) is 3.82. The summed E-state index contributed by atoms with van der Waals surface area (Å²) in [6, 6.07) is 15.4. The van der Waals surface area contributed by atoms with E-state index in [2.05, 4.69) is 25.6 Å². The topological polar surface area (TPSA) is 79.8 Å². The molecule has 0 saturated carbocycles. The van der Waals surface area contributed by atoms with Crippen LogP contribution in [0.4, 0.5) is 17.2 Å². The van der Waals surface area contributed by atoms with Crippen LogP contribution in [0.3, 0.4) is 0 Å². The molecular formula is C19H15N5O. The zero-order chi connectivity index (χ0) is 17.2. The van der Waals surface area contributed by atoms with E-state index in [-0.39, 0.29) is 5.91 Å². The Morgan fingerprint density at radius 2 is 1.76 bits per heavy atom. The second-order valence-electron chi connectivity index (χ2n) is 5.67. The summed E-state index contributed by atoms with van der Waals surface area (Å²) in [6.07, 6.45) is 3.29. The van der Waals surface area contributed by atoms with Gasteiger partial charge in [-0.05, 0) is 42.5 Å². The van der Waals surface area contributed by atoms with Gasteiger partial charge in [0.05, 0.1) is 11.0 Å². The van der Waals surface area contributed by atoms with Crippen molar-refractivity contribution < 1.29 is 4.79 Å². The van der Waals surface area contributed by atoms with Gasteiger partial charge in [-0.15, -0.1) is 0 Å². The van der Waals surface area contributed by atoms with Gasteiger partial charge in [-0.25, -0.2) is 9.97 Å². The van der Waals surface area contributed by atoms with Crippen molar-refractivity contribution in [2.45, 2.75) is 6.92 Å². The fourth-order valence-corrected chi connectivity index (χ4v) is 2.73. The first kappa shape index (κ1) is 15.0. The lowest BCUT2D eigenvalue weighted by Gasteiger charge is -2.10. The van der Waals surface area contributed by atoms with Crippen LogP contribution < -0.4 is 10.6 Å². The van der Waals surface area contributed by atoms with Gasteiger partial charge in [-0.2, -0.15) is 0 Å². The molecule has 0 saturated heterocycles. The first-order valence-corrected chi connectivity index (χ1v) is 7.83. The number of hydrogen-bond donors (Lipinski definition) is 2.